The number of piperidine rings is 1. The van der Waals surface area contributed by atoms with Gasteiger partial charge in [-0.1, -0.05) is 49.2 Å². The molecular formula is C23H28Cl2N2O4S. The molecule has 0 saturated carbocycles. The number of hydrogen-bond acceptors (Lipinski definition) is 4. The standard InChI is InChI=1S/C23H28Cl2N2O4S/c1-15(2)16-7-9-21(31-3)22(11-16)32(29,30)27-10-4-5-18(14-27)23(28)26-13-17-6-8-19(24)12-20(17)25/h6-9,11-12,15,18H,4-5,10,13-14H2,1-3H3,(H,26,28)/t18-/m0/s1. The number of nitrogens with one attached hydrogen (secondary N) is 1. The third-order valence-corrected chi connectivity index (χ3v) is 8.17. The molecule has 174 valence electrons. The monoisotopic (exact) mass is 498 g/mol. The van der Waals surface area contributed by atoms with Gasteiger partial charge in [0, 0.05) is 29.7 Å². The van der Waals surface area contributed by atoms with Crippen LogP contribution in [0.15, 0.2) is 41.3 Å². The molecule has 1 N–H and O–H groups in total. The zero-order chi connectivity index (χ0) is 23.5. The summed E-state index contributed by atoms with van der Waals surface area (Å²) in [6.07, 6.45) is 1.22. The normalized spacial score (nSPS) is 17.4. The quantitative estimate of drug-likeness (QED) is 0.592. The minimum Gasteiger partial charge on any atom is -0.495 e. The molecule has 0 radical (unpaired) electrons. The van der Waals surface area contributed by atoms with Crippen LogP contribution < -0.4 is 10.1 Å². The Morgan fingerprint density at radius 3 is 2.62 bits per heavy atom. The van der Waals surface area contributed by atoms with E-state index in [1.807, 2.05) is 19.9 Å². The maximum absolute atomic E-state index is 13.5. The van der Waals surface area contributed by atoms with E-state index in [9.17, 15) is 13.2 Å². The third-order valence-electron chi connectivity index (χ3n) is 5.70. The lowest BCUT2D eigenvalue weighted by molar-refractivity contribution is -0.126. The first-order valence-electron chi connectivity index (χ1n) is 10.5. The van der Waals surface area contributed by atoms with Gasteiger partial charge in [-0.2, -0.15) is 4.31 Å². The van der Waals surface area contributed by atoms with Crippen LogP contribution in [0.5, 0.6) is 5.75 Å². The molecule has 1 saturated heterocycles. The van der Waals surface area contributed by atoms with E-state index in [2.05, 4.69) is 5.32 Å². The van der Waals surface area contributed by atoms with E-state index in [-0.39, 0.29) is 29.8 Å². The second kappa shape index (κ2) is 10.4. The Labute approximate surface area is 199 Å². The summed E-state index contributed by atoms with van der Waals surface area (Å²) >= 11 is 12.1. The highest BCUT2D eigenvalue weighted by molar-refractivity contribution is 7.89. The summed E-state index contributed by atoms with van der Waals surface area (Å²) in [5, 5.41) is 3.87. The lowest BCUT2D eigenvalue weighted by atomic mass is 9.99. The molecule has 3 rings (SSSR count). The third kappa shape index (κ3) is 5.57. The second-order valence-corrected chi connectivity index (χ2v) is 11.0. The largest absolute Gasteiger partial charge is 0.495 e. The number of ether oxygens (including phenoxy) is 1. The molecule has 1 aliphatic heterocycles. The van der Waals surface area contributed by atoms with Gasteiger partial charge < -0.3 is 10.1 Å². The summed E-state index contributed by atoms with van der Waals surface area (Å²) in [7, 11) is -2.36. The number of rotatable bonds is 7. The number of sulfonamides is 1. The van der Waals surface area contributed by atoms with Gasteiger partial charge in [0.05, 0.1) is 13.0 Å². The first kappa shape index (κ1) is 24.8. The van der Waals surface area contributed by atoms with Crippen molar-refractivity contribution in [3.8, 4) is 5.75 Å². The van der Waals surface area contributed by atoms with Gasteiger partial charge in [0.15, 0.2) is 0 Å². The van der Waals surface area contributed by atoms with Crippen LogP contribution in [0.25, 0.3) is 0 Å². The Kier molecular flexibility index (Phi) is 8.09. The highest BCUT2D eigenvalue weighted by atomic mass is 35.5. The molecule has 0 unspecified atom stereocenters. The van der Waals surface area contributed by atoms with Crippen molar-refractivity contribution in [3.05, 3.63) is 57.6 Å². The number of hydrogen-bond donors (Lipinski definition) is 1. The first-order valence-corrected chi connectivity index (χ1v) is 12.7. The van der Waals surface area contributed by atoms with Crippen LogP contribution in [0.2, 0.25) is 10.0 Å². The molecule has 0 spiro atoms. The molecular weight excluding hydrogens is 471 g/mol. The number of halogens is 2. The number of benzene rings is 2. The second-order valence-electron chi connectivity index (χ2n) is 8.22. The lowest BCUT2D eigenvalue weighted by Crippen LogP contribution is -2.45. The van der Waals surface area contributed by atoms with Gasteiger partial charge in [0.1, 0.15) is 10.6 Å². The molecule has 1 heterocycles. The molecule has 0 aliphatic carbocycles. The molecule has 1 amide bonds. The average molecular weight is 499 g/mol. The van der Waals surface area contributed by atoms with E-state index in [4.69, 9.17) is 27.9 Å². The molecule has 6 nitrogen and oxygen atoms in total. The molecule has 0 bridgehead atoms. The SMILES string of the molecule is COc1ccc(C(C)C)cc1S(=O)(=O)N1CCC[C@H](C(=O)NCc2ccc(Cl)cc2Cl)C1. The first-order chi connectivity index (χ1) is 15.1. The predicted molar refractivity (Wildman–Crippen MR) is 127 cm³/mol. The van der Waals surface area contributed by atoms with Gasteiger partial charge in [-0.15, -0.1) is 0 Å². The summed E-state index contributed by atoms with van der Waals surface area (Å²) < 4.78 is 33.6. The minimum absolute atomic E-state index is 0.123. The summed E-state index contributed by atoms with van der Waals surface area (Å²) in [4.78, 5) is 12.9. The van der Waals surface area contributed by atoms with Crippen molar-refractivity contribution < 1.29 is 17.9 Å². The number of methoxy groups -OCH3 is 1. The fourth-order valence-electron chi connectivity index (χ4n) is 3.76. The van der Waals surface area contributed by atoms with Gasteiger partial charge in [-0.3, -0.25) is 4.79 Å². The van der Waals surface area contributed by atoms with E-state index >= 15 is 0 Å². The maximum atomic E-state index is 13.5. The highest BCUT2D eigenvalue weighted by Crippen LogP contribution is 2.32. The summed E-state index contributed by atoms with van der Waals surface area (Å²) in [6.45, 7) is 4.75. The van der Waals surface area contributed by atoms with Gasteiger partial charge in [-0.25, -0.2) is 8.42 Å². The van der Waals surface area contributed by atoms with Crippen LogP contribution in [0.1, 0.15) is 43.7 Å². The summed E-state index contributed by atoms with van der Waals surface area (Å²) in [6, 6.07) is 10.3. The Morgan fingerprint density at radius 2 is 1.97 bits per heavy atom. The molecule has 32 heavy (non-hydrogen) atoms. The number of carbonyl (C=O) groups is 1. The summed E-state index contributed by atoms with van der Waals surface area (Å²) in [5.41, 5.74) is 1.66. The molecule has 0 aromatic heterocycles. The van der Waals surface area contributed by atoms with E-state index in [1.165, 1.54) is 11.4 Å². The molecule has 1 aliphatic rings. The van der Waals surface area contributed by atoms with E-state index < -0.39 is 15.9 Å². The van der Waals surface area contributed by atoms with Crippen LogP contribution in [-0.4, -0.2) is 38.8 Å². The number of amides is 1. The molecule has 9 heteroatoms. The van der Waals surface area contributed by atoms with Gasteiger partial charge in [0.2, 0.25) is 15.9 Å². The maximum Gasteiger partial charge on any atom is 0.246 e. The van der Waals surface area contributed by atoms with Crippen LogP contribution >= 0.6 is 23.2 Å². The molecule has 1 atom stereocenters. The predicted octanol–water partition coefficient (Wildman–Crippen LogP) is 4.84. The summed E-state index contributed by atoms with van der Waals surface area (Å²) in [5.74, 6) is -0.157. The van der Waals surface area contributed by atoms with E-state index in [1.54, 1.807) is 30.3 Å². The number of nitrogens with zero attached hydrogens (tertiary/aromatic N) is 1. The molecule has 2 aromatic rings. The fourth-order valence-corrected chi connectivity index (χ4v) is 5.95. The molecule has 1 fully saturated rings. The minimum atomic E-state index is -3.81. The van der Waals surface area contributed by atoms with E-state index in [0.717, 1.165) is 11.1 Å². The van der Waals surface area contributed by atoms with Crippen LogP contribution in [-0.2, 0) is 21.4 Å². The van der Waals surface area contributed by atoms with E-state index in [0.29, 0.717) is 35.2 Å². The lowest BCUT2D eigenvalue weighted by Gasteiger charge is -2.31. The van der Waals surface area contributed by atoms with Crippen LogP contribution in [0.4, 0.5) is 0 Å². The smallest absolute Gasteiger partial charge is 0.246 e. The van der Waals surface area contributed by atoms with Gasteiger partial charge >= 0.3 is 0 Å². The van der Waals surface area contributed by atoms with Crippen molar-refractivity contribution in [1.82, 2.24) is 9.62 Å². The van der Waals surface area contributed by atoms with Crippen molar-refractivity contribution in [2.24, 2.45) is 5.92 Å². The van der Waals surface area contributed by atoms with Crippen molar-refractivity contribution >= 4 is 39.1 Å². The average Bonchev–Trinajstić information content (AvgIpc) is 2.77. The van der Waals surface area contributed by atoms with Crippen molar-refractivity contribution in [2.75, 3.05) is 20.2 Å². The Morgan fingerprint density at radius 1 is 1.22 bits per heavy atom. The van der Waals surface area contributed by atoms with Crippen molar-refractivity contribution in [2.45, 2.75) is 44.0 Å². The highest BCUT2D eigenvalue weighted by Gasteiger charge is 2.35. The fraction of sp³-hybridized carbons (Fsp3) is 0.435. The Hall–Kier alpha value is -1.80. The molecule has 2 aromatic carbocycles. The topological polar surface area (TPSA) is 75.7 Å². The zero-order valence-corrected chi connectivity index (χ0v) is 20.7. The zero-order valence-electron chi connectivity index (χ0n) is 18.4. The Balaban J connectivity index is 1.75. The Bertz CT molecular complexity index is 1090. The number of carbonyl (C=O) groups excluding carboxylic acids is 1. The van der Waals surface area contributed by atoms with Crippen LogP contribution in [0, 0.1) is 5.92 Å². The van der Waals surface area contributed by atoms with Crippen LogP contribution in [0.3, 0.4) is 0 Å². The van der Waals surface area contributed by atoms with Gasteiger partial charge in [0.25, 0.3) is 0 Å². The van der Waals surface area contributed by atoms with Crippen molar-refractivity contribution in [1.29, 1.82) is 0 Å². The van der Waals surface area contributed by atoms with Gasteiger partial charge in [-0.05, 0) is 54.2 Å². The van der Waals surface area contributed by atoms with Crippen molar-refractivity contribution in [3.63, 3.8) is 0 Å².